The Bertz CT molecular complexity index is 1400. The van der Waals surface area contributed by atoms with Gasteiger partial charge in [0.2, 0.25) is 6.79 Å². The monoisotopic (exact) mass is 509 g/mol. The number of hydrogen-bond donors (Lipinski definition) is 1. The number of pyridine rings is 1. The summed E-state index contributed by atoms with van der Waals surface area (Å²) in [5.41, 5.74) is 2.46. The van der Waals surface area contributed by atoms with Gasteiger partial charge >= 0.3 is 0 Å². The first-order valence-corrected chi connectivity index (χ1v) is 11.7. The molecular formula is C25H17Cl2N3O3S. The van der Waals surface area contributed by atoms with Gasteiger partial charge in [-0.1, -0.05) is 29.3 Å². The van der Waals surface area contributed by atoms with Gasteiger partial charge in [0.1, 0.15) is 17.6 Å². The third-order valence-electron chi connectivity index (χ3n) is 5.85. The van der Waals surface area contributed by atoms with Crippen molar-refractivity contribution in [2.45, 2.75) is 12.1 Å². The Labute approximate surface area is 211 Å². The van der Waals surface area contributed by atoms with Gasteiger partial charge < -0.3 is 24.1 Å². The summed E-state index contributed by atoms with van der Waals surface area (Å²) in [7, 11) is 0. The minimum Gasteiger partial charge on any atom is -0.459 e. The van der Waals surface area contributed by atoms with Gasteiger partial charge in [0, 0.05) is 28.5 Å². The zero-order chi connectivity index (χ0) is 23.2. The van der Waals surface area contributed by atoms with Crippen molar-refractivity contribution in [1.82, 2.24) is 10.3 Å². The van der Waals surface area contributed by atoms with Crippen molar-refractivity contribution in [2.75, 3.05) is 11.7 Å². The molecular weight excluding hydrogens is 493 g/mol. The van der Waals surface area contributed by atoms with Crippen LogP contribution in [0.5, 0.6) is 11.5 Å². The van der Waals surface area contributed by atoms with E-state index in [1.165, 1.54) is 0 Å². The van der Waals surface area contributed by atoms with E-state index in [2.05, 4.69) is 10.3 Å². The summed E-state index contributed by atoms with van der Waals surface area (Å²) in [6.45, 7) is 0.199. The van der Waals surface area contributed by atoms with Gasteiger partial charge in [-0.2, -0.15) is 0 Å². The summed E-state index contributed by atoms with van der Waals surface area (Å²) in [6, 6.07) is 20.2. The van der Waals surface area contributed by atoms with E-state index in [0.29, 0.717) is 38.2 Å². The lowest BCUT2D eigenvalue weighted by Gasteiger charge is -2.26. The van der Waals surface area contributed by atoms with Gasteiger partial charge in [-0.25, -0.2) is 0 Å². The van der Waals surface area contributed by atoms with Crippen molar-refractivity contribution in [1.29, 1.82) is 0 Å². The second-order valence-corrected chi connectivity index (χ2v) is 9.09. The Kier molecular flexibility index (Phi) is 5.32. The van der Waals surface area contributed by atoms with E-state index in [1.54, 1.807) is 18.3 Å². The molecule has 1 fully saturated rings. The summed E-state index contributed by atoms with van der Waals surface area (Å²) in [5, 5.41) is 5.06. The number of nitrogens with zero attached hydrogens (tertiary/aromatic N) is 2. The van der Waals surface area contributed by atoms with Crippen LogP contribution >= 0.6 is 35.4 Å². The van der Waals surface area contributed by atoms with Crippen LogP contribution < -0.4 is 19.7 Å². The quantitative estimate of drug-likeness (QED) is 0.312. The first kappa shape index (κ1) is 21.3. The van der Waals surface area contributed by atoms with Crippen molar-refractivity contribution in [3.8, 4) is 22.8 Å². The van der Waals surface area contributed by atoms with Gasteiger partial charge in [0.25, 0.3) is 0 Å². The van der Waals surface area contributed by atoms with Gasteiger partial charge in [-0.15, -0.1) is 0 Å². The van der Waals surface area contributed by atoms with Crippen molar-refractivity contribution in [2.24, 2.45) is 0 Å². The fraction of sp³-hybridized carbons (Fsp3) is 0.120. The minimum atomic E-state index is -0.303. The predicted octanol–water partition coefficient (Wildman–Crippen LogP) is 6.55. The molecule has 170 valence electrons. The molecule has 6 nitrogen and oxygen atoms in total. The van der Waals surface area contributed by atoms with E-state index in [4.69, 9.17) is 49.3 Å². The van der Waals surface area contributed by atoms with Crippen LogP contribution in [0.4, 0.5) is 5.69 Å². The van der Waals surface area contributed by atoms with E-state index >= 15 is 0 Å². The molecule has 0 unspecified atom stereocenters. The van der Waals surface area contributed by atoms with E-state index in [1.807, 2.05) is 59.5 Å². The first-order chi connectivity index (χ1) is 16.6. The topological polar surface area (TPSA) is 59.8 Å². The summed E-state index contributed by atoms with van der Waals surface area (Å²) in [4.78, 5) is 6.59. The third kappa shape index (κ3) is 3.66. The number of anilines is 1. The molecule has 34 heavy (non-hydrogen) atoms. The summed E-state index contributed by atoms with van der Waals surface area (Å²) < 4.78 is 17.4. The Morgan fingerprint density at radius 2 is 1.85 bits per heavy atom. The van der Waals surface area contributed by atoms with E-state index in [9.17, 15) is 0 Å². The molecule has 1 N–H and O–H groups in total. The van der Waals surface area contributed by atoms with Crippen LogP contribution in [0.25, 0.3) is 11.3 Å². The lowest BCUT2D eigenvalue weighted by atomic mass is 10.0. The Morgan fingerprint density at radius 1 is 0.971 bits per heavy atom. The first-order valence-electron chi connectivity index (χ1n) is 10.5. The molecule has 1 saturated heterocycles. The summed E-state index contributed by atoms with van der Waals surface area (Å²) in [6.07, 6.45) is 1.77. The van der Waals surface area contributed by atoms with Crippen LogP contribution in [0.2, 0.25) is 10.0 Å². The predicted molar refractivity (Wildman–Crippen MR) is 135 cm³/mol. The molecule has 2 aromatic heterocycles. The standard InChI is InChI=1S/C25H17Cl2N3O3S/c26-14-4-6-16(17(27)11-14)19-8-9-21(33-19)24-23(18-3-1-2-10-28-18)29-25(34)30(24)15-5-7-20-22(12-15)32-13-31-20/h1-12,23-24H,13H2,(H,29,34)/t23-,24-/m0/s1. The zero-order valence-corrected chi connectivity index (χ0v) is 19.9. The smallest absolute Gasteiger partial charge is 0.231 e. The van der Waals surface area contributed by atoms with E-state index in [0.717, 1.165) is 16.9 Å². The highest BCUT2D eigenvalue weighted by atomic mass is 35.5. The molecule has 6 rings (SSSR count). The molecule has 2 aliphatic rings. The summed E-state index contributed by atoms with van der Waals surface area (Å²) >= 11 is 18.3. The maximum atomic E-state index is 6.44. The van der Waals surface area contributed by atoms with Crippen LogP contribution in [0.1, 0.15) is 23.5 Å². The number of fused-ring (bicyclic) bond motifs is 1. The molecule has 0 aliphatic carbocycles. The van der Waals surface area contributed by atoms with Crippen LogP contribution in [0.15, 0.2) is 77.3 Å². The molecule has 0 spiro atoms. The highest BCUT2D eigenvalue weighted by molar-refractivity contribution is 7.80. The van der Waals surface area contributed by atoms with Crippen molar-refractivity contribution in [3.63, 3.8) is 0 Å². The molecule has 0 radical (unpaired) electrons. The number of aromatic nitrogens is 1. The average Bonchev–Trinajstić information content (AvgIpc) is 3.57. The number of rotatable bonds is 4. The second kappa shape index (κ2) is 8.51. The fourth-order valence-corrected chi connectivity index (χ4v) is 5.15. The highest BCUT2D eigenvalue weighted by Crippen LogP contribution is 2.45. The lowest BCUT2D eigenvalue weighted by Crippen LogP contribution is -2.29. The van der Waals surface area contributed by atoms with Gasteiger partial charge in [0.15, 0.2) is 16.6 Å². The van der Waals surface area contributed by atoms with Crippen molar-refractivity contribution < 1.29 is 13.9 Å². The van der Waals surface area contributed by atoms with Gasteiger partial charge in [-0.05, 0) is 66.8 Å². The molecule has 0 saturated carbocycles. The van der Waals surface area contributed by atoms with Crippen LogP contribution in [0, 0.1) is 0 Å². The normalized spacial score (nSPS) is 18.9. The SMILES string of the molecule is S=C1N[C@@H](c2ccccn2)[C@H](c2ccc(-c3ccc(Cl)cc3Cl)o2)N1c1ccc2c(c1)OCO2. The number of hydrogen-bond acceptors (Lipinski definition) is 5. The van der Waals surface area contributed by atoms with Crippen LogP contribution in [0.3, 0.4) is 0 Å². The molecule has 2 atom stereocenters. The maximum absolute atomic E-state index is 6.44. The largest absolute Gasteiger partial charge is 0.459 e. The van der Waals surface area contributed by atoms with Gasteiger partial charge in [0.05, 0.1) is 16.8 Å². The molecule has 2 aliphatic heterocycles. The molecule has 0 bridgehead atoms. The van der Waals surface area contributed by atoms with Crippen molar-refractivity contribution >= 4 is 46.2 Å². The number of ether oxygens (including phenoxy) is 2. The molecule has 0 amide bonds. The molecule has 4 aromatic rings. The molecule has 9 heteroatoms. The number of benzene rings is 2. The van der Waals surface area contributed by atoms with Crippen LogP contribution in [-0.2, 0) is 0 Å². The fourth-order valence-electron chi connectivity index (χ4n) is 4.30. The number of thiocarbonyl (C=S) groups is 1. The van der Waals surface area contributed by atoms with Crippen molar-refractivity contribution in [3.05, 3.63) is 94.4 Å². The maximum Gasteiger partial charge on any atom is 0.231 e. The highest BCUT2D eigenvalue weighted by Gasteiger charge is 2.43. The van der Waals surface area contributed by atoms with E-state index < -0.39 is 0 Å². The average molecular weight is 510 g/mol. The Hall–Kier alpha value is -3.26. The Balaban J connectivity index is 1.45. The second-order valence-electron chi connectivity index (χ2n) is 7.86. The molecule has 2 aromatic carbocycles. The van der Waals surface area contributed by atoms with Gasteiger partial charge in [-0.3, -0.25) is 4.98 Å². The molecule has 4 heterocycles. The minimum absolute atomic E-state index is 0.199. The Morgan fingerprint density at radius 3 is 2.68 bits per heavy atom. The van der Waals surface area contributed by atoms with E-state index in [-0.39, 0.29) is 18.9 Å². The number of nitrogens with one attached hydrogen (secondary N) is 1. The van der Waals surface area contributed by atoms with Crippen LogP contribution in [-0.4, -0.2) is 16.9 Å². The summed E-state index contributed by atoms with van der Waals surface area (Å²) in [5.74, 6) is 2.73. The third-order valence-corrected chi connectivity index (χ3v) is 6.71. The number of halogens is 2. The lowest BCUT2D eigenvalue weighted by molar-refractivity contribution is 0.174. The zero-order valence-electron chi connectivity index (χ0n) is 17.6. The number of furan rings is 1.